The van der Waals surface area contributed by atoms with Gasteiger partial charge in [-0.15, -0.1) is 0 Å². The number of likely N-dealkylation sites (N-methyl/N-ethyl adjacent to an activating group) is 1. The van der Waals surface area contributed by atoms with Gasteiger partial charge in [-0.05, 0) is 50.3 Å². The zero-order valence-electron chi connectivity index (χ0n) is 9.93. The van der Waals surface area contributed by atoms with Gasteiger partial charge < -0.3 is 9.47 Å². The number of rotatable bonds is 4. The zero-order valence-corrected chi connectivity index (χ0v) is 9.93. The lowest BCUT2D eigenvalue weighted by atomic mass is 10.1. The second-order valence-corrected chi connectivity index (χ2v) is 4.31. The van der Waals surface area contributed by atoms with Crippen LogP contribution in [0.4, 0.5) is 0 Å². The van der Waals surface area contributed by atoms with Crippen molar-refractivity contribution in [3.8, 4) is 5.69 Å². The van der Waals surface area contributed by atoms with Gasteiger partial charge in [0.15, 0.2) is 0 Å². The van der Waals surface area contributed by atoms with E-state index in [2.05, 4.69) is 60.2 Å². The molecule has 2 aromatic rings. The van der Waals surface area contributed by atoms with Gasteiger partial charge in [0, 0.05) is 24.6 Å². The Morgan fingerprint density at radius 1 is 1.00 bits per heavy atom. The van der Waals surface area contributed by atoms with E-state index in [4.69, 9.17) is 0 Å². The highest BCUT2D eigenvalue weighted by Gasteiger charge is 1.97. The van der Waals surface area contributed by atoms with E-state index in [0.717, 1.165) is 13.0 Å². The summed E-state index contributed by atoms with van der Waals surface area (Å²) in [4.78, 5) is 2.21. The molecule has 0 spiro atoms. The Hall–Kier alpha value is -1.54. The van der Waals surface area contributed by atoms with Crippen molar-refractivity contribution in [2.75, 3.05) is 20.6 Å². The highest BCUT2D eigenvalue weighted by atomic mass is 15.0. The molecule has 1 aromatic heterocycles. The van der Waals surface area contributed by atoms with E-state index in [1.807, 2.05) is 12.1 Å². The lowest BCUT2D eigenvalue weighted by Gasteiger charge is -2.09. The van der Waals surface area contributed by atoms with Crippen molar-refractivity contribution in [2.24, 2.45) is 0 Å². The van der Waals surface area contributed by atoms with Crippen molar-refractivity contribution in [1.82, 2.24) is 9.47 Å². The van der Waals surface area contributed by atoms with Crippen LogP contribution >= 0.6 is 0 Å². The van der Waals surface area contributed by atoms with E-state index in [9.17, 15) is 0 Å². The topological polar surface area (TPSA) is 8.17 Å². The summed E-state index contributed by atoms with van der Waals surface area (Å²) in [5.74, 6) is 0. The molecular formula is C14H18N2. The minimum atomic E-state index is 1.10. The van der Waals surface area contributed by atoms with Crippen LogP contribution in [-0.4, -0.2) is 30.1 Å². The third-order valence-corrected chi connectivity index (χ3v) is 2.69. The lowest BCUT2D eigenvalue weighted by molar-refractivity contribution is 0.413. The van der Waals surface area contributed by atoms with Crippen molar-refractivity contribution in [3.63, 3.8) is 0 Å². The fraction of sp³-hybridized carbons (Fsp3) is 0.286. The van der Waals surface area contributed by atoms with Gasteiger partial charge >= 0.3 is 0 Å². The SMILES string of the molecule is CN(C)CCc1ccc(-n2cccc2)cc1. The first-order valence-corrected chi connectivity index (χ1v) is 5.63. The number of aromatic nitrogens is 1. The molecule has 2 heteroatoms. The molecule has 0 unspecified atom stereocenters. The highest BCUT2D eigenvalue weighted by Crippen LogP contribution is 2.10. The van der Waals surface area contributed by atoms with Gasteiger partial charge in [0.1, 0.15) is 0 Å². The Labute approximate surface area is 97.1 Å². The summed E-state index contributed by atoms with van der Waals surface area (Å²) in [6.07, 6.45) is 5.24. The summed E-state index contributed by atoms with van der Waals surface area (Å²) in [5, 5.41) is 0. The van der Waals surface area contributed by atoms with Crippen LogP contribution in [0, 0.1) is 0 Å². The minimum Gasteiger partial charge on any atom is -0.324 e. The van der Waals surface area contributed by atoms with Crippen molar-refractivity contribution in [1.29, 1.82) is 0 Å². The van der Waals surface area contributed by atoms with Gasteiger partial charge in [-0.3, -0.25) is 0 Å². The molecule has 0 fully saturated rings. The van der Waals surface area contributed by atoms with Gasteiger partial charge in [-0.25, -0.2) is 0 Å². The molecule has 84 valence electrons. The molecule has 1 heterocycles. The molecule has 0 atom stereocenters. The third-order valence-electron chi connectivity index (χ3n) is 2.69. The van der Waals surface area contributed by atoms with Crippen LogP contribution in [-0.2, 0) is 6.42 Å². The largest absolute Gasteiger partial charge is 0.324 e. The van der Waals surface area contributed by atoms with Crippen LogP contribution in [0.1, 0.15) is 5.56 Å². The Bertz CT molecular complexity index is 413. The molecule has 2 rings (SSSR count). The van der Waals surface area contributed by atoms with E-state index in [0.29, 0.717) is 0 Å². The standard InChI is InChI=1S/C14H18N2/c1-15(2)12-9-13-5-7-14(8-6-13)16-10-3-4-11-16/h3-8,10-11H,9,12H2,1-2H3. The first kappa shape index (κ1) is 11.0. The summed E-state index contributed by atoms with van der Waals surface area (Å²) < 4.78 is 2.12. The van der Waals surface area contributed by atoms with Crippen LogP contribution in [0.25, 0.3) is 5.69 Å². The first-order chi connectivity index (χ1) is 7.75. The van der Waals surface area contributed by atoms with Crippen molar-refractivity contribution < 1.29 is 0 Å². The maximum absolute atomic E-state index is 2.21. The average molecular weight is 214 g/mol. The Balaban J connectivity index is 2.05. The van der Waals surface area contributed by atoms with Gasteiger partial charge in [0.25, 0.3) is 0 Å². The summed E-state index contributed by atoms with van der Waals surface area (Å²) in [6.45, 7) is 1.10. The molecule has 0 amide bonds. The van der Waals surface area contributed by atoms with Crippen LogP contribution in [0.3, 0.4) is 0 Å². The molecular weight excluding hydrogens is 196 g/mol. The van der Waals surface area contributed by atoms with Gasteiger partial charge in [-0.2, -0.15) is 0 Å². The Morgan fingerprint density at radius 2 is 1.62 bits per heavy atom. The quantitative estimate of drug-likeness (QED) is 0.759. The highest BCUT2D eigenvalue weighted by molar-refractivity contribution is 5.35. The number of benzene rings is 1. The minimum absolute atomic E-state index is 1.10. The molecule has 0 saturated carbocycles. The van der Waals surface area contributed by atoms with Crippen LogP contribution in [0.5, 0.6) is 0 Å². The van der Waals surface area contributed by atoms with Gasteiger partial charge in [-0.1, -0.05) is 12.1 Å². The maximum atomic E-state index is 2.21. The number of hydrogen-bond donors (Lipinski definition) is 0. The van der Waals surface area contributed by atoms with E-state index >= 15 is 0 Å². The zero-order chi connectivity index (χ0) is 11.4. The van der Waals surface area contributed by atoms with Crippen molar-refractivity contribution in [2.45, 2.75) is 6.42 Å². The summed E-state index contributed by atoms with van der Waals surface area (Å²) in [5.41, 5.74) is 2.61. The fourth-order valence-electron chi connectivity index (χ4n) is 1.69. The summed E-state index contributed by atoms with van der Waals surface area (Å²) in [7, 11) is 4.21. The Kier molecular flexibility index (Phi) is 3.42. The van der Waals surface area contributed by atoms with Gasteiger partial charge in [0.2, 0.25) is 0 Å². The third kappa shape index (κ3) is 2.74. The second-order valence-electron chi connectivity index (χ2n) is 4.31. The van der Waals surface area contributed by atoms with Crippen molar-refractivity contribution in [3.05, 3.63) is 54.4 Å². The second kappa shape index (κ2) is 4.99. The fourth-order valence-corrected chi connectivity index (χ4v) is 1.69. The molecule has 0 radical (unpaired) electrons. The van der Waals surface area contributed by atoms with E-state index in [1.165, 1.54) is 11.3 Å². The molecule has 0 aliphatic rings. The molecule has 0 aliphatic carbocycles. The monoisotopic (exact) mass is 214 g/mol. The molecule has 1 aromatic carbocycles. The smallest absolute Gasteiger partial charge is 0.0449 e. The number of hydrogen-bond acceptors (Lipinski definition) is 1. The van der Waals surface area contributed by atoms with Crippen LogP contribution in [0.15, 0.2) is 48.8 Å². The molecule has 0 N–H and O–H groups in total. The Morgan fingerprint density at radius 3 is 2.19 bits per heavy atom. The maximum Gasteiger partial charge on any atom is 0.0449 e. The van der Waals surface area contributed by atoms with Crippen molar-refractivity contribution >= 4 is 0 Å². The van der Waals surface area contributed by atoms with E-state index < -0.39 is 0 Å². The molecule has 0 aliphatic heterocycles. The van der Waals surface area contributed by atoms with Crippen LogP contribution < -0.4 is 0 Å². The van der Waals surface area contributed by atoms with E-state index in [1.54, 1.807) is 0 Å². The normalized spacial score (nSPS) is 10.9. The predicted octanol–water partition coefficient (Wildman–Crippen LogP) is 2.58. The predicted molar refractivity (Wildman–Crippen MR) is 68.0 cm³/mol. The van der Waals surface area contributed by atoms with Gasteiger partial charge in [0.05, 0.1) is 0 Å². The molecule has 0 bridgehead atoms. The number of nitrogens with zero attached hydrogens (tertiary/aromatic N) is 2. The average Bonchev–Trinajstić information content (AvgIpc) is 2.80. The lowest BCUT2D eigenvalue weighted by Crippen LogP contribution is -2.14. The van der Waals surface area contributed by atoms with E-state index in [-0.39, 0.29) is 0 Å². The molecule has 2 nitrogen and oxygen atoms in total. The summed E-state index contributed by atoms with van der Waals surface area (Å²) in [6, 6.07) is 12.8. The van der Waals surface area contributed by atoms with Crippen LogP contribution in [0.2, 0.25) is 0 Å². The molecule has 16 heavy (non-hydrogen) atoms. The first-order valence-electron chi connectivity index (χ1n) is 5.63. The molecule has 0 saturated heterocycles. The summed E-state index contributed by atoms with van der Waals surface area (Å²) >= 11 is 0.